The molecule has 1 aromatic heterocycles. The fourth-order valence-electron chi connectivity index (χ4n) is 1.92. The zero-order chi connectivity index (χ0) is 16.2. The Hall–Kier alpha value is -2.67. The van der Waals surface area contributed by atoms with Crippen LogP contribution in [0.1, 0.15) is 10.4 Å². The van der Waals surface area contributed by atoms with Crippen molar-refractivity contribution in [3.63, 3.8) is 0 Å². The number of hydrogen-bond donors (Lipinski definition) is 1. The molecule has 0 saturated heterocycles. The summed E-state index contributed by atoms with van der Waals surface area (Å²) in [5.41, 5.74) is 0.927. The summed E-state index contributed by atoms with van der Waals surface area (Å²) in [6.45, 7) is 0. The van der Waals surface area contributed by atoms with Gasteiger partial charge in [-0.1, -0.05) is 11.2 Å². The largest absolute Gasteiger partial charge is 0.403 e. The van der Waals surface area contributed by atoms with Crippen LogP contribution in [-0.4, -0.2) is 22.4 Å². The van der Waals surface area contributed by atoms with E-state index < -0.39 is 11.7 Å². The average molecular weight is 329 g/mol. The number of rotatable bonds is 4. The van der Waals surface area contributed by atoms with Gasteiger partial charge in [0.15, 0.2) is 0 Å². The van der Waals surface area contributed by atoms with E-state index in [1.165, 1.54) is 18.2 Å². The van der Waals surface area contributed by atoms with Gasteiger partial charge in [-0.3, -0.25) is 10.1 Å². The van der Waals surface area contributed by atoms with Crippen LogP contribution in [0.3, 0.4) is 0 Å². The second-order valence-corrected chi connectivity index (χ2v) is 5.48. The van der Waals surface area contributed by atoms with Gasteiger partial charge in [0.1, 0.15) is 5.82 Å². The zero-order valence-corrected chi connectivity index (χ0v) is 12.9. The molecule has 3 rings (SSSR count). The standard InChI is InChI=1S/C16H12FN3O2S/c1-23-13-7-5-10(6-8-13)15-19-20-16(22-15)18-14(21)11-3-2-4-12(17)9-11/h2-9H,1H3,(H,18,20,21). The number of aromatic nitrogens is 2. The van der Waals surface area contributed by atoms with E-state index in [4.69, 9.17) is 4.42 Å². The summed E-state index contributed by atoms with van der Waals surface area (Å²) in [6.07, 6.45) is 1.99. The van der Waals surface area contributed by atoms with Gasteiger partial charge in [0.05, 0.1) is 0 Å². The highest BCUT2D eigenvalue weighted by atomic mass is 32.2. The van der Waals surface area contributed by atoms with Crippen molar-refractivity contribution in [1.82, 2.24) is 10.2 Å². The fraction of sp³-hybridized carbons (Fsp3) is 0.0625. The molecule has 0 fully saturated rings. The Morgan fingerprint density at radius 1 is 1.17 bits per heavy atom. The highest BCUT2D eigenvalue weighted by molar-refractivity contribution is 7.98. The average Bonchev–Trinajstić information content (AvgIpc) is 3.03. The Morgan fingerprint density at radius 3 is 2.65 bits per heavy atom. The van der Waals surface area contributed by atoms with Gasteiger partial charge in [0.2, 0.25) is 5.89 Å². The van der Waals surface area contributed by atoms with Gasteiger partial charge in [-0.15, -0.1) is 16.9 Å². The first-order valence-electron chi connectivity index (χ1n) is 6.70. The molecular weight excluding hydrogens is 317 g/mol. The van der Waals surface area contributed by atoms with Gasteiger partial charge in [-0.25, -0.2) is 4.39 Å². The lowest BCUT2D eigenvalue weighted by molar-refractivity contribution is 0.102. The Kier molecular flexibility index (Phi) is 4.38. The van der Waals surface area contributed by atoms with E-state index in [1.54, 1.807) is 11.8 Å². The molecule has 7 heteroatoms. The third-order valence-corrected chi connectivity index (χ3v) is 3.81. The van der Waals surface area contributed by atoms with Crippen molar-refractivity contribution in [2.24, 2.45) is 0 Å². The SMILES string of the molecule is CSc1ccc(-c2nnc(NC(=O)c3cccc(F)c3)o2)cc1. The molecule has 0 spiro atoms. The molecule has 0 aliphatic heterocycles. The van der Waals surface area contributed by atoms with Crippen molar-refractivity contribution in [3.05, 3.63) is 59.9 Å². The predicted octanol–water partition coefficient (Wildman–Crippen LogP) is 3.85. The summed E-state index contributed by atoms with van der Waals surface area (Å²) >= 11 is 1.63. The molecule has 0 radical (unpaired) electrons. The number of amides is 1. The van der Waals surface area contributed by atoms with Crippen LogP contribution >= 0.6 is 11.8 Å². The molecule has 0 aliphatic carbocycles. The number of anilines is 1. The molecule has 0 atom stereocenters. The summed E-state index contributed by atoms with van der Waals surface area (Å²) in [7, 11) is 0. The van der Waals surface area contributed by atoms with Crippen molar-refractivity contribution in [2.45, 2.75) is 4.90 Å². The van der Waals surface area contributed by atoms with Crippen LogP contribution < -0.4 is 5.32 Å². The molecule has 2 aromatic carbocycles. The van der Waals surface area contributed by atoms with Crippen molar-refractivity contribution >= 4 is 23.7 Å². The quantitative estimate of drug-likeness (QED) is 0.736. The van der Waals surface area contributed by atoms with Crippen LogP contribution in [0.4, 0.5) is 10.4 Å². The maximum atomic E-state index is 13.1. The minimum Gasteiger partial charge on any atom is -0.403 e. The predicted molar refractivity (Wildman–Crippen MR) is 85.9 cm³/mol. The summed E-state index contributed by atoms with van der Waals surface area (Å²) in [6, 6.07) is 12.9. The van der Waals surface area contributed by atoms with Gasteiger partial charge >= 0.3 is 6.01 Å². The van der Waals surface area contributed by atoms with E-state index in [9.17, 15) is 9.18 Å². The van der Waals surface area contributed by atoms with Crippen molar-refractivity contribution in [3.8, 4) is 11.5 Å². The first-order valence-corrected chi connectivity index (χ1v) is 7.93. The Morgan fingerprint density at radius 2 is 1.96 bits per heavy atom. The van der Waals surface area contributed by atoms with Crippen LogP contribution in [0.2, 0.25) is 0 Å². The van der Waals surface area contributed by atoms with Gasteiger partial charge in [0.25, 0.3) is 5.91 Å². The van der Waals surface area contributed by atoms with Crippen molar-refractivity contribution in [1.29, 1.82) is 0 Å². The molecule has 23 heavy (non-hydrogen) atoms. The molecule has 0 bridgehead atoms. The second kappa shape index (κ2) is 6.62. The van der Waals surface area contributed by atoms with Crippen LogP contribution in [0, 0.1) is 5.82 Å². The topological polar surface area (TPSA) is 68.0 Å². The fourth-order valence-corrected chi connectivity index (χ4v) is 2.33. The summed E-state index contributed by atoms with van der Waals surface area (Å²) in [4.78, 5) is 13.1. The maximum Gasteiger partial charge on any atom is 0.322 e. The maximum absolute atomic E-state index is 13.1. The summed E-state index contributed by atoms with van der Waals surface area (Å²) < 4.78 is 18.5. The molecule has 5 nitrogen and oxygen atoms in total. The van der Waals surface area contributed by atoms with Crippen LogP contribution in [-0.2, 0) is 0 Å². The van der Waals surface area contributed by atoms with E-state index in [0.717, 1.165) is 16.5 Å². The molecule has 1 amide bonds. The Bertz CT molecular complexity index is 833. The molecular formula is C16H12FN3O2S. The van der Waals surface area contributed by atoms with Crippen LogP contribution in [0.25, 0.3) is 11.5 Å². The normalized spacial score (nSPS) is 10.5. The number of nitrogens with zero attached hydrogens (tertiary/aromatic N) is 2. The second-order valence-electron chi connectivity index (χ2n) is 4.61. The number of halogens is 1. The lowest BCUT2D eigenvalue weighted by atomic mass is 10.2. The Labute approximate surface area is 135 Å². The number of hydrogen-bond acceptors (Lipinski definition) is 5. The van der Waals surface area contributed by atoms with Crippen LogP contribution in [0.5, 0.6) is 0 Å². The van der Waals surface area contributed by atoms with Crippen LogP contribution in [0.15, 0.2) is 57.8 Å². The number of carbonyl (C=O) groups excluding carboxylic acids is 1. The smallest absolute Gasteiger partial charge is 0.322 e. The minimum atomic E-state index is -0.516. The highest BCUT2D eigenvalue weighted by Crippen LogP contribution is 2.23. The lowest BCUT2D eigenvalue weighted by Gasteiger charge is -2.00. The van der Waals surface area contributed by atoms with Gasteiger partial charge < -0.3 is 4.42 Å². The van der Waals surface area contributed by atoms with E-state index in [-0.39, 0.29) is 11.6 Å². The van der Waals surface area contributed by atoms with E-state index in [0.29, 0.717) is 5.89 Å². The third-order valence-electron chi connectivity index (χ3n) is 3.07. The molecule has 116 valence electrons. The third kappa shape index (κ3) is 3.57. The molecule has 1 N–H and O–H groups in total. The first-order chi connectivity index (χ1) is 11.2. The van der Waals surface area contributed by atoms with Gasteiger partial charge in [-0.05, 0) is 48.7 Å². The molecule has 0 aliphatic rings. The number of benzene rings is 2. The molecule has 0 saturated carbocycles. The minimum absolute atomic E-state index is 0.0387. The zero-order valence-electron chi connectivity index (χ0n) is 12.1. The Balaban J connectivity index is 1.75. The number of thioether (sulfide) groups is 1. The van der Waals surface area contributed by atoms with Crippen molar-refractivity contribution < 1.29 is 13.6 Å². The molecule has 0 unspecified atom stereocenters. The van der Waals surface area contributed by atoms with E-state index in [1.807, 2.05) is 30.5 Å². The van der Waals surface area contributed by atoms with E-state index >= 15 is 0 Å². The lowest BCUT2D eigenvalue weighted by Crippen LogP contribution is -2.12. The van der Waals surface area contributed by atoms with E-state index in [2.05, 4.69) is 15.5 Å². The summed E-state index contributed by atoms with van der Waals surface area (Å²) in [5.74, 6) is -0.706. The monoisotopic (exact) mass is 329 g/mol. The van der Waals surface area contributed by atoms with Gasteiger partial charge in [-0.2, -0.15) is 0 Å². The highest BCUT2D eigenvalue weighted by Gasteiger charge is 2.13. The van der Waals surface area contributed by atoms with Gasteiger partial charge in [0, 0.05) is 16.0 Å². The number of carbonyl (C=O) groups is 1. The van der Waals surface area contributed by atoms with Crippen molar-refractivity contribution in [2.75, 3.05) is 11.6 Å². The molecule has 1 heterocycles. The molecule has 3 aromatic rings. The first kappa shape index (κ1) is 15.2. The summed E-state index contributed by atoms with van der Waals surface area (Å²) in [5, 5.41) is 10.1. The number of nitrogens with one attached hydrogen (secondary N) is 1.